The number of benzene rings is 1. The van der Waals surface area contributed by atoms with E-state index in [1.54, 1.807) is 6.92 Å². The van der Waals surface area contributed by atoms with Crippen molar-refractivity contribution in [3.63, 3.8) is 0 Å². The van der Waals surface area contributed by atoms with Crippen LogP contribution in [0.2, 0.25) is 0 Å². The Labute approximate surface area is 131 Å². The first-order valence-electron chi connectivity index (χ1n) is 7.48. The molecule has 1 aliphatic carbocycles. The molecule has 116 valence electrons. The molecule has 0 unspecified atom stereocenters. The van der Waals surface area contributed by atoms with Crippen molar-refractivity contribution in [3.8, 4) is 0 Å². The summed E-state index contributed by atoms with van der Waals surface area (Å²) >= 11 is 0. The third-order valence-corrected chi connectivity index (χ3v) is 4.15. The smallest absolute Gasteiger partial charge is 0.259 e. The molecule has 2 aromatic heterocycles. The minimum absolute atomic E-state index is 0.242. The first kappa shape index (κ1) is 13.9. The van der Waals surface area contributed by atoms with Crippen LogP contribution in [-0.4, -0.2) is 16.0 Å². The molecule has 0 radical (unpaired) electrons. The molecule has 2 heterocycles. The second-order valence-electron chi connectivity index (χ2n) is 5.67. The number of nitrogens with one attached hydrogen (secondary N) is 1. The molecule has 6 heteroatoms. The van der Waals surface area contributed by atoms with E-state index >= 15 is 0 Å². The number of rotatable bonds is 2. The fraction of sp³-hybridized carbons (Fsp3) is 0.235. The van der Waals surface area contributed by atoms with Crippen LogP contribution in [0.15, 0.2) is 28.8 Å². The van der Waals surface area contributed by atoms with E-state index in [0.717, 1.165) is 30.5 Å². The van der Waals surface area contributed by atoms with Crippen LogP contribution in [0.25, 0.3) is 11.1 Å². The van der Waals surface area contributed by atoms with Crippen LogP contribution in [0.4, 0.5) is 10.1 Å². The highest BCUT2D eigenvalue weighted by molar-refractivity contribution is 6.13. The molecular weight excluding hydrogens is 297 g/mol. The summed E-state index contributed by atoms with van der Waals surface area (Å²) in [6, 6.07) is 5.69. The first-order chi connectivity index (χ1) is 11.1. The molecule has 1 amide bonds. The molecule has 5 nitrogen and oxygen atoms in total. The SMILES string of the molecule is Cc1noc2nc3c(c(C(=O)Nc4ccc(F)cc4)c12)CCC3. The van der Waals surface area contributed by atoms with E-state index in [1.165, 1.54) is 24.3 Å². The second kappa shape index (κ2) is 5.15. The summed E-state index contributed by atoms with van der Waals surface area (Å²) in [5, 5.41) is 7.41. The number of amides is 1. The maximum atomic E-state index is 13.0. The predicted octanol–water partition coefficient (Wildman–Crippen LogP) is 3.41. The molecule has 1 N–H and O–H groups in total. The van der Waals surface area contributed by atoms with Crippen LogP contribution in [0.3, 0.4) is 0 Å². The largest absolute Gasteiger partial charge is 0.336 e. The van der Waals surface area contributed by atoms with Gasteiger partial charge in [0.05, 0.1) is 16.6 Å². The lowest BCUT2D eigenvalue weighted by Crippen LogP contribution is -2.15. The van der Waals surface area contributed by atoms with Crippen LogP contribution in [0, 0.1) is 12.7 Å². The Balaban J connectivity index is 1.82. The van der Waals surface area contributed by atoms with Gasteiger partial charge in [-0.2, -0.15) is 0 Å². The number of fused-ring (bicyclic) bond motifs is 2. The van der Waals surface area contributed by atoms with E-state index in [1.807, 2.05) is 0 Å². The number of hydrogen-bond donors (Lipinski definition) is 1. The molecule has 0 aliphatic heterocycles. The standard InChI is InChI=1S/C17H14FN3O2/c1-9-14-15(16(22)19-11-7-5-10(18)6-8-11)12-3-2-4-13(12)20-17(14)23-21-9/h5-8H,2-4H2,1H3,(H,19,22). The third-order valence-electron chi connectivity index (χ3n) is 4.15. The summed E-state index contributed by atoms with van der Waals surface area (Å²) in [4.78, 5) is 17.3. The highest BCUT2D eigenvalue weighted by Gasteiger charge is 2.27. The van der Waals surface area contributed by atoms with Gasteiger partial charge in [-0.15, -0.1) is 0 Å². The fourth-order valence-corrected chi connectivity index (χ4v) is 3.09. The number of nitrogens with zero attached hydrogens (tertiary/aromatic N) is 2. The Kier molecular flexibility index (Phi) is 3.11. The molecule has 0 bridgehead atoms. The first-order valence-corrected chi connectivity index (χ1v) is 7.48. The minimum Gasteiger partial charge on any atom is -0.336 e. The van der Waals surface area contributed by atoms with Crippen LogP contribution < -0.4 is 5.32 Å². The Morgan fingerprint density at radius 2 is 2.04 bits per heavy atom. The Bertz CT molecular complexity index is 916. The van der Waals surface area contributed by atoms with E-state index in [2.05, 4.69) is 15.5 Å². The van der Waals surface area contributed by atoms with Gasteiger partial charge >= 0.3 is 0 Å². The Hall–Kier alpha value is -2.76. The lowest BCUT2D eigenvalue weighted by Gasteiger charge is -2.10. The number of aromatic nitrogens is 2. The molecule has 1 aromatic carbocycles. The van der Waals surface area contributed by atoms with Gasteiger partial charge in [0.25, 0.3) is 11.6 Å². The van der Waals surface area contributed by atoms with Gasteiger partial charge in [0, 0.05) is 11.4 Å². The van der Waals surface area contributed by atoms with Crippen LogP contribution in [-0.2, 0) is 12.8 Å². The third kappa shape index (κ3) is 2.27. The van der Waals surface area contributed by atoms with Crippen LogP contribution in [0.5, 0.6) is 0 Å². The number of hydrogen-bond acceptors (Lipinski definition) is 4. The molecule has 0 atom stereocenters. The molecule has 0 saturated heterocycles. The maximum Gasteiger partial charge on any atom is 0.259 e. The predicted molar refractivity (Wildman–Crippen MR) is 82.9 cm³/mol. The van der Waals surface area contributed by atoms with Crippen molar-refractivity contribution in [2.45, 2.75) is 26.2 Å². The highest BCUT2D eigenvalue weighted by Crippen LogP contribution is 2.32. The fourth-order valence-electron chi connectivity index (χ4n) is 3.09. The molecular formula is C17H14FN3O2. The van der Waals surface area contributed by atoms with Gasteiger partial charge < -0.3 is 9.84 Å². The Morgan fingerprint density at radius 3 is 2.83 bits per heavy atom. The number of pyridine rings is 1. The molecule has 4 rings (SSSR count). The summed E-state index contributed by atoms with van der Waals surface area (Å²) in [6.45, 7) is 1.80. The van der Waals surface area contributed by atoms with Crippen molar-refractivity contribution in [1.82, 2.24) is 10.1 Å². The molecule has 3 aromatic rings. The monoisotopic (exact) mass is 311 g/mol. The summed E-state index contributed by atoms with van der Waals surface area (Å²) in [6.07, 6.45) is 2.62. The zero-order chi connectivity index (χ0) is 16.0. The maximum absolute atomic E-state index is 13.0. The molecule has 0 spiro atoms. The lowest BCUT2D eigenvalue weighted by molar-refractivity contribution is 0.102. The van der Waals surface area contributed by atoms with Crippen LogP contribution in [0.1, 0.15) is 33.7 Å². The van der Waals surface area contributed by atoms with E-state index in [-0.39, 0.29) is 11.7 Å². The van der Waals surface area contributed by atoms with E-state index < -0.39 is 0 Å². The van der Waals surface area contributed by atoms with Crippen molar-refractivity contribution in [2.75, 3.05) is 5.32 Å². The summed E-state index contributed by atoms with van der Waals surface area (Å²) in [5.74, 6) is -0.585. The van der Waals surface area contributed by atoms with Gasteiger partial charge in [0.1, 0.15) is 5.82 Å². The minimum atomic E-state index is -0.343. The number of aryl methyl sites for hydroxylation is 2. The highest BCUT2D eigenvalue weighted by atomic mass is 19.1. The second-order valence-corrected chi connectivity index (χ2v) is 5.67. The molecule has 0 saturated carbocycles. The molecule has 0 fully saturated rings. The van der Waals surface area contributed by atoms with Gasteiger partial charge in [-0.3, -0.25) is 4.79 Å². The van der Waals surface area contributed by atoms with Gasteiger partial charge in [0.15, 0.2) is 0 Å². The zero-order valence-electron chi connectivity index (χ0n) is 12.5. The van der Waals surface area contributed by atoms with Crippen LogP contribution >= 0.6 is 0 Å². The average molecular weight is 311 g/mol. The quantitative estimate of drug-likeness (QED) is 0.787. The van der Waals surface area contributed by atoms with E-state index in [9.17, 15) is 9.18 Å². The zero-order valence-corrected chi connectivity index (χ0v) is 12.5. The van der Waals surface area contributed by atoms with Gasteiger partial charge in [-0.1, -0.05) is 5.16 Å². The van der Waals surface area contributed by atoms with Gasteiger partial charge in [-0.25, -0.2) is 9.37 Å². The summed E-state index contributed by atoms with van der Waals surface area (Å²) < 4.78 is 18.2. The van der Waals surface area contributed by atoms with Crippen molar-refractivity contribution in [2.24, 2.45) is 0 Å². The lowest BCUT2D eigenvalue weighted by atomic mass is 10.0. The number of anilines is 1. The summed E-state index contributed by atoms with van der Waals surface area (Å²) in [5.41, 5.74) is 4.02. The molecule has 1 aliphatic rings. The number of carbonyl (C=O) groups is 1. The molecule has 23 heavy (non-hydrogen) atoms. The van der Waals surface area contributed by atoms with Crippen molar-refractivity contribution >= 4 is 22.7 Å². The average Bonchev–Trinajstić information content (AvgIpc) is 3.14. The van der Waals surface area contributed by atoms with Crippen molar-refractivity contribution in [1.29, 1.82) is 0 Å². The van der Waals surface area contributed by atoms with Crippen molar-refractivity contribution < 1.29 is 13.7 Å². The van der Waals surface area contributed by atoms with Crippen molar-refractivity contribution in [3.05, 3.63) is 52.6 Å². The van der Waals surface area contributed by atoms with Gasteiger partial charge in [-0.05, 0) is 56.0 Å². The van der Waals surface area contributed by atoms with E-state index in [4.69, 9.17) is 4.52 Å². The number of carbonyl (C=O) groups excluding carboxylic acids is 1. The Morgan fingerprint density at radius 1 is 1.26 bits per heavy atom. The van der Waals surface area contributed by atoms with Gasteiger partial charge in [0.2, 0.25) is 0 Å². The summed E-state index contributed by atoms with van der Waals surface area (Å²) in [7, 11) is 0. The normalized spacial score (nSPS) is 13.3. The van der Waals surface area contributed by atoms with E-state index in [0.29, 0.717) is 28.0 Å². The topological polar surface area (TPSA) is 68.0 Å². The number of halogens is 1.